The van der Waals surface area contributed by atoms with Crippen molar-refractivity contribution in [3.05, 3.63) is 23.8 Å². The molecular weight excluding hydrogens is 202 g/mol. The summed E-state index contributed by atoms with van der Waals surface area (Å²) in [5, 5.41) is 6.08. The molecule has 0 aromatic heterocycles. The second-order valence-corrected chi connectivity index (χ2v) is 4.20. The molecule has 1 aliphatic rings. The van der Waals surface area contributed by atoms with Gasteiger partial charge in [-0.3, -0.25) is 4.79 Å². The third-order valence-corrected chi connectivity index (χ3v) is 2.90. The monoisotopic (exact) mass is 219 g/mol. The lowest BCUT2D eigenvalue weighted by atomic mass is 10.1. The second-order valence-electron chi connectivity index (χ2n) is 4.20. The largest absolute Gasteiger partial charge is 0.399 e. The van der Waals surface area contributed by atoms with Crippen molar-refractivity contribution < 1.29 is 4.79 Å². The molecule has 0 aliphatic carbocycles. The number of hydrogen-bond acceptors (Lipinski definition) is 3. The van der Waals surface area contributed by atoms with Crippen molar-refractivity contribution in [1.82, 2.24) is 5.32 Å². The van der Waals surface area contributed by atoms with E-state index in [1.54, 1.807) is 0 Å². The Bertz CT molecular complexity index is 403. The maximum absolute atomic E-state index is 11.6. The molecule has 2 rings (SSSR count). The van der Waals surface area contributed by atoms with Gasteiger partial charge in [0.05, 0.1) is 0 Å². The van der Waals surface area contributed by atoms with Crippen LogP contribution in [0.25, 0.3) is 0 Å². The number of nitrogens with one attached hydrogen (secondary N) is 2. The minimum absolute atomic E-state index is 0.0840. The Kier molecular flexibility index (Phi) is 2.99. The van der Waals surface area contributed by atoms with Crippen molar-refractivity contribution in [2.45, 2.75) is 25.8 Å². The molecule has 1 heterocycles. The van der Waals surface area contributed by atoms with E-state index in [1.807, 2.05) is 25.1 Å². The van der Waals surface area contributed by atoms with Gasteiger partial charge in [0, 0.05) is 17.9 Å². The fourth-order valence-corrected chi connectivity index (χ4v) is 1.88. The lowest BCUT2D eigenvalue weighted by Gasteiger charge is -2.24. The molecule has 0 spiro atoms. The van der Waals surface area contributed by atoms with E-state index in [1.165, 1.54) is 0 Å². The number of piperidine rings is 1. The van der Waals surface area contributed by atoms with Crippen LogP contribution in [-0.2, 0) is 4.79 Å². The number of benzene rings is 1. The summed E-state index contributed by atoms with van der Waals surface area (Å²) < 4.78 is 0. The van der Waals surface area contributed by atoms with Crippen LogP contribution in [0.5, 0.6) is 0 Å². The van der Waals surface area contributed by atoms with Gasteiger partial charge in [-0.15, -0.1) is 0 Å². The standard InChI is InChI=1S/C12H17N3O/c1-8-7-9(4-5-10(8)13)15-11-3-2-6-14-12(11)16/h4-5,7,11,15H,2-3,6,13H2,1H3,(H,14,16). The fraction of sp³-hybridized carbons (Fsp3) is 0.417. The SMILES string of the molecule is Cc1cc(NC2CCCNC2=O)ccc1N. The number of amides is 1. The van der Waals surface area contributed by atoms with Gasteiger partial charge in [0.1, 0.15) is 6.04 Å². The van der Waals surface area contributed by atoms with Gasteiger partial charge in [0.15, 0.2) is 0 Å². The Hall–Kier alpha value is -1.71. The van der Waals surface area contributed by atoms with Crippen LogP contribution in [-0.4, -0.2) is 18.5 Å². The van der Waals surface area contributed by atoms with E-state index in [0.29, 0.717) is 0 Å². The molecule has 1 atom stereocenters. The zero-order chi connectivity index (χ0) is 11.5. The Morgan fingerprint density at radius 3 is 3.00 bits per heavy atom. The molecule has 1 aromatic carbocycles. The number of rotatable bonds is 2. The molecule has 4 N–H and O–H groups in total. The first-order valence-electron chi connectivity index (χ1n) is 5.57. The van der Waals surface area contributed by atoms with Crippen LogP contribution in [0.15, 0.2) is 18.2 Å². The van der Waals surface area contributed by atoms with Crippen LogP contribution in [0.3, 0.4) is 0 Å². The summed E-state index contributed by atoms with van der Waals surface area (Å²) in [6.45, 7) is 2.75. The number of anilines is 2. The van der Waals surface area contributed by atoms with Crippen molar-refractivity contribution in [3.63, 3.8) is 0 Å². The highest BCUT2D eigenvalue weighted by Crippen LogP contribution is 2.18. The number of carbonyl (C=O) groups excluding carboxylic acids is 1. The summed E-state index contributed by atoms with van der Waals surface area (Å²) in [6, 6.07) is 5.62. The van der Waals surface area contributed by atoms with Crippen molar-refractivity contribution in [2.24, 2.45) is 0 Å². The highest BCUT2D eigenvalue weighted by Gasteiger charge is 2.21. The Morgan fingerprint density at radius 2 is 2.31 bits per heavy atom. The quantitative estimate of drug-likeness (QED) is 0.656. The van der Waals surface area contributed by atoms with Gasteiger partial charge in [-0.05, 0) is 43.5 Å². The molecule has 1 aromatic rings. The first-order chi connectivity index (χ1) is 7.66. The van der Waals surface area contributed by atoms with Gasteiger partial charge in [-0.25, -0.2) is 0 Å². The minimum atomic E-state index is -0.114. The van der Waals surface area contributed by atoms with Crippen molar-refractivity contribution in [2.75, 3.05) is 17.6 Å². The van der Waals surface area contributed by atoms with Gasteiger partial charge in [0.25, 0.3) is 0 Å². The Labute approximate surface area is 95.2 Å². The van der Waals surface area contributed by atoms with Gasteiger partial charge in [0.2, 0.25) is 5.91 Å². The predicted octanol–water partition coefficient (Wildman–Crippen LogP) is 1.27. The molecule has 16 heavy (non-hydrogen) atoms. The average molecular weight is 219 g/mol. The summed E-state index contributed by atoms with van der Waals surface area (Å²) in [5.74, 6) is 0.0840. The van der Waals surface area contributed by atoms with Crippen LogP contribution in [0.4, 0.5) is 11.4 Å². The van der Waals surface area contributed by atoms with Crippen LogP contribution in [0.1, 0.15) is 18.4 Å². The topological polar surface area (TPSA) is 67.1 Å². The summed E-state index contributed by atoms with van der Waals surface area (Å²) in [6.07, 6.45) is 1.91. The third kappa shape index (κ3) is 2.27. The Morgan fingerprint density at radius 1 is 1.50 bits per heavy atom. The van der Waals surface area contributed by atoms with Crippen molar-refractivity contribution in [1.29, 1.82) is 0 Å². The van der Waals surface area contributed by atoms with E-state index in [2.05, 4.69) is 10.6 Å². The molecule has 0 radical (unpaired) electrons. The highest BCUT2D eigenvalue weighted by atomic mass is 16.2. The molecule has 4 heteroatoms. The van der Waals surface area contributed by atoms with E-state index in [4.69, 9.17) is 5.73 Å². The molecule has 1 fully saturated rings. The van der Waals surface area contributed by atoms with E-state index < -0.39 is 0 Å². The van der Waals surface area contributed by atoms with Crippen LogP contribution < -0.4 is 16.4 Å². The van der Waals surface area contributed by atoms with E-state index in [0.717, 1.165) is 36.3 Å². The van der Waals surface area contributed by atoms with E-state index in [9.17, 15) is 4.79 Å². The number of nitrogen functional groups attached to an aromatic ring is 1. The normalized spacial score (nSPS) is 20.3. The number of nitrogens with two attached hydrogens (primary N) is 1. The summed E-state index contributed by atoms with van der Waals surface area (Å²) in [5.41, 5.74) is 8.50. The summed E-state index contributed by atoms with van der Waals surface area (Å²) >= 11 is 0. The zero-order valence-corrected chi connectivity index (χ0v) is 9.42. The van der Waals surface area contributed by atoms with E-state index >= 15 is 0 Å². The van der Waals surface area contributed by atoms with E-state index in [-0.39, 0.29) is 11.9 Å². The van der Waals surface area contributed by atoms with Crippen LogP contribution >= 0.6 is 0 Å². The van der Waals surface area contributed by atoms with Gasteiger partial charge in [-0.2, -0.15) is 0 Å². The maximum Gasteiger partial charge on any atom is 0.242 e. The molecule has 0 saturated carbocycles. The number of hydrogen-bond donors (Lipinski definition) is 3. The zero-order valence-electron chi connectivity index (χ0n) is 9.42. The predicted molar refractivity (Wildman–Crippen MR) is 65.2 cm³/mol. The Balaban J connectivity index is 2.08. The average Bonchev–Trinajstić information content (AvgIpc) is 2.27. The number of aryl methyl sites for hydroxylation is 1. The molecule has 86 valence electrons. The summed E-state index contributed by atoms with van der Waals surface area (Å²) in [4.78, 5) is 11.6. The van der Waals surface area contributed by atoms with Gasteiger partial charge >= 0.3 is 0 Å². The summed E-state index contributed by atoms with van der Waals surface area (Å²) in [7, 11) is 0. The molecular formula is C12H17N3O. The lowest BCUT2D eigenvalue weighted by molar-refractivity contribution is -0.123. The highest BCUT2D eigenvalue weighted by molar-refractivity contribution is 5.85. The first-order valence-corrected chi connectivity index (χ1v) is 5.57. The first kappa shape index (κ1) is 10.8. The smallest absolute Gasteiger partial charge is 0.242 e. The molecule has 1 unspecified atom stereocenters. The van der Waals surface area contributed by atoms with Crippen LogP contribution in [0, 0.1) is 6.92 Å². The lowest BCUT2D eigenvalue weighted by Crippen LogP contribution is -2.44. The molecule has 4 nitrogen and oxygen atoms in total. The van der Waals surface area contributed by atoms with Crippen LogP contribution in [0.2, 0.25) is 0 Å². The fourth-order valence-electron chi connectivity index (χ4n) is 1.88. The molecule has 0 bridgehead atoms. The minimum Gasteiger partial charge on any atom is -0.399 e. The molecule has 1 aliphatic heterocycles. The third-order valence-electron chi connectivity index (χ3n) is 2.90. The molecule has 1 saturated heterocycles. The molecule has 1 amide bonds. The maximum atomic E-state index is 11.6. The van der Waals surface area contributed by atoms with Crippen molar-refractivity contribution in [3.8, 4) is 0 Å². The second kappa shape index (κ2) is 4.43. The van der Waals surface area contributed by atoms with Gasteiger partial charge in [-0.1, -0.05) is 0 Å². The van der Waals surface area contributed by atoms with Gasteiger partial charge < -0.3 is 16.4 Å². The van der Waals surface area contributed by atoms with Crippen molar-refractivity contribution >= 4 is 17.3 Å². The number of carbonyl (C=O) groups is 1.